The van der Waals surface area contributed by atoms with Crippen LogP contribution in [0.15, 0.2) is 36.4 Å². The number of nitrogens with one attached hydrogen (secondary N) is 1. The van der Waals surface area contributed by atoms with Crippen molar-refractivity contribution in [1.82, 2.24) is 4.57 Å². The van der Waals surface area contributed by atoms with Crippen molar-refractivity contribution in [1.29, 1.82) is 5.41 Å². The average molecular weight is 406 g/mol. The fourth-order valence-electron chi connectivity index (χ4n) is 5.34. The van der Waals surface area contributed by atoms with Crippen molar-refractivity contribution in [2.24, 2.45) is 5.92 Å². The standard InChI is InChI=1S/C25H28FN3O/c1-15-10-17(11-15)24-21-13-22(28)18(14-27)12-23(21)29(20-4-2-19(26)3-5-20)25(24)16-6-8-30-9-7-16/h2-5,12-17,27H,6-11,28H2,1H3. The van der Waals surface area contributed by atoms with E-state index >= 15 is 0 Å². The van der Waals surface area contributed by atoms with Gasteiger partial charge in [-0.25, -0.2) is 4.39 Å². The maximum atomic E-state index is 13.7. The maximum Gasteiger partial charge on any atom is 0.123 e. The van der Waals surface area contributed by atoms with Crippen LogP contribution in [0, 0.1) is 17.1 Å². The second kappa shape index (κ2) is 7.55. The second-order valence-electron chi connectivity index (χ2n) is 8.91. The van der Waals surface area contributed by atoms with Gasteiger partial charge < -0.3 is 20.4 Å². The van der Waals surface area contributed by atoms with E-state index in [1.54, 1.807) is 0 Å². The maximum absolute atomic E-state index is 13.7. The lowest BCUT2D eigenvalue weighted by Gasteiger charge is -2.35. The number of hydrogen-bond donors (Lipinski definition) is 2. The average Bonchev–Trinajstić information content (AvgIpc) is 3.05. The zero-order chi connectivity index (χ0) is 20.8. The predicted octanol–water partition coefficient (Wildman–Crippen LogP) is 5.76. The van der Waals surface area contributed by atoms with Crippen LogP contribution in [-0.4, -0.2) is 24.0 Å². The Morgan fingerprint density at radius 1 is 1.10 bits per heavy atom. The molecule has 2 aliphatic rings. The number of rotatable bonds is 4. The highest BCUT2D eigenvalue weighted by molar-refractivity contribution is 5.98. The van der Waals surface area contributed by atoms with Gasteiger partial charge >= 0.3 is 0 Å². The zero-order valence-corrected chi connectivity index (χ0v) is 17.3. The van der Waals surface area contributed by atoms with Crippen LogP contribution in [0.1, 0.15) is 61.3 Å². The molecule has 30 heavy (non-hydrogen) atoms. The molecule has 1 aliphatic heterocycles. The Morgan fingerprint density at radius 2 is 1.80 bits per heavy atom. The minimum absolute atomic E-state index is 0.236. The predicted molar refractivity (Wildman–Crippen MR) is 119 cm³/mol. The number of nitrogen functional groups attached to an aromatic ring is 1. The molecule has 2 heterocycles. The Kier molecular flexibility index (Phi) is 4.86. The molecule has 0 spiro atoms. The molecule has 0 radical (unpaired) electrons. The number of anilines is 1. The minimum atomic E-state index is -0.236. The van der Waals surface area contributed by atoms with Crippen LogP contribution in [0.5, 0.6) is 0 Å². The van der Waals surface area contributed by atoms with Crippen LogP contribution < -0.4 is 5.73 Å². The molecule has 0 bridgehead atoms. The molecule has 3 aromatic rings. The molecule has 2 aromatic carbocycles. The summed E-state index contributed by atoms with van der Waals surface area (Å²) in [5.74, 6) is 1.42. The molecular formula is C25H28FN3O. The number of nitrogens with two attached hydrogens (primary N) is 1. The largest absolute Gasteiger partial charge is 0.398 e. The van der Waals surface area contributed by atoms with Gasteiger partial charge in [0.15, 0.2) is 0 Å². The molecule has 4 nitrogen and oxygen atoms in total. The van der Waals surface area contributed by atoms with Gasteiger partial charge in [0.05, 0.1) is 5.52 Å². The number of fused-ring (bicyclic) bond motifs is 1. The fraction of sp³-hybridized carbons (Fsp3) is 0.400. The van der Waals surface area contributed by atoms with Gasteiger partial charge in [-0.3, -0.25) is 0 Å². The summed E-state index contributed by atoms with van der Waals surface area (Å²) in [6, 6.07) is 10.8. The molecule has 2 fully saturated rings. The van der Waals surface area contributed by atoms with Gasteiger partial charge in [0.2, 0.25) is 0 Å². The van der Waals surface area contributed by atoms with Crippen molar-refractivity contribution in [3.63, 3.8) is 0 Å². The van der Waals surface area contributed by atoms with E-state index in [1.807, 2.05) is 18.2 Å². The highest BCUT2D eigenvalue weighted by Crippen LogP contribution is 2.50. The summed E-state index contributed by atoms with van der Waals surface area (Å²) in [4.78, 5) is 0. The zero-order valence-electron chi connectivity index (χ0n) is 17.3. The quantitative estimate of drug-likeness (QED) is 0.428. The smallest absolute Gasteiger partial charge is 0.123 e. The summed E-state index contributed by atoms with van der Waals surface area (Å²) in [5, 5.41) is 8.98. The van der Waals surface area contributed by atoms with Gasteiger partial charge in [0.25, 0.3) is 0 Å². The summed E-state index contributed by atoms with van der Waals surface area (Å²) in [6.07, 6.45) is 5.66. The molecule has 5 heteroatoms. The van der Waals surface area contributed by atoms with E-state index in [2.05, 4.69) is 17.6 Å². The molecule has 0 unspecified atom stereocenters. The minimum Gasteiger partial charge on any atom is -0.398 e. The monoisotopic (exact) mass is 405 g/mol. The SMILES string of the molecule is CC1CC(c2c(C3CCOCC3)n(-c3ccc(F)cc3)c3cc(C=N)c(N)cc23)C1. The second-order valence-corrected chi connectivity index (χ2v) is 8.91. The summed E-state index contributed by atoms with van der Waals surface area (Å²) < 4.78 is 21.7. The molecule has 3 N–H and O–H groups in total. The van der Waals surface area contributed by atoms with Gasteiger partial charge in [0, 0.05) is 53.4 Å². The molecule has 1 saturated carbocycles. The Bertz CT molecular complexity index is 1090. The van der Waals surface area contributed by atoms with Crippen molar-refractivity contribution >= 4 is 22.8 Å². The van der Waals surface area contributed by atoms with E-state index in [-0.39, 0.29) is 5.82 Å². The Morgan fingerprint density at radius 3 is 2.43 bits per heavy atom. The molecule has 5 rings (SSSR count). The van der Waals surface area contributed by atoms with E-state index in [4.69, 9.17) is 15.9 Å². The number of ether oxygens (including phenoxy) is 1. The van der Waals surface area contributed by atoms with Crippen LogP contribution in [0.25, 0.3) is 16.6 Å². The van der Waals surface area contributed by atoms with Crippen LogP contribution in [0.3, 0.4) is 0 Å². The molecule has 1 aromatic heterocycles. The lowest BCUT2D eigenvalue weighted by atomic mass is 9.70. The van der Waals surface area contributed by atoms with Crippen molar-refractivity contribution in [2.75, 3.05) is 18.9 Å². The van der Waals surface area contributed by atoms with E-state index in [1.165, 1.54) is 47.8 Å². The van der Waals surface area contributed by atoms with Gasteiger partial charge in [-0.2, -0.15) is 0 Å². The molecular weight excluding hydrogens is 377 g/mol. The third kappa shape index (κ3) is 3.12. The topological polar surface area (TPSA) is 64.0 Å². The van der Waals surface area contributed by atoms with Crippen molar-refractivity contribution < 1.29 is 9.13 Å². The summed E-state index contributed by atoms with van der Waals surface area (Å²) >= 11 is 0. The first-order valence-electron chi connectivity index (χ1n) is 10.9. The number of halogens is 1. The van der Waals surface area contributed by atoms with Crippen LogP contribution in [-0.2, 0) is 4.74 Å². The van der Waals surface area contributed by atoms with E-state index < -0.39 is 0 Å². The molecule has 0 amide bonds. The van der Waals surface area contributed by atoms with Gasteiger partial charge in [-0.05, 0) is 79.5 Å². The number of aromatic nitrogens is 1. The first kappa shape index (κ1) is 19.3. The van der Waals surface area contributed by atoms with Crippen molar-refractivity contribution in [3.8, 4) is 5.69 Å². The third-order valence-electron chi connectivity index (χ3n) is 6.88. The molecule has 156 valence electrons. The Balaban J connectivity index is 1.83. The highest BCUT2D eigenvalue weighted by atomic mass is 19.1. The lowest BCUT2D eigenvalue weighted by Crippen LogP contribution is -2.23. The number of hydrogen-bond acceptors (Lipinski definition) is 3. The Labute approximate surface area is 176 Å². The first-order chi connectivity index (χ1) is 14.6. The molecule has 0 atom stereocenters. The summed E-state index contributed by atoms with van der Waals surface area (Å²) in [6.45, 7) is 3.85. The molecule has 1 saturated heterocycles. The fourth-order valence-corrected chi connectivity index (χ4v) is 5.34. The van der Waals surface area contributed by atoms with Crippen molar-refractivity contribution in [2.45, 2.75) is 44.4 Å². The highest BCUT2D eigenvalue weighted by Gasteiger charge is 2.35. The van der Waals surface area contributed by atoms with E-state index in [9.17, 15) is 4.39 Å². The third-order valence-corrected chi connectivity index (χ3v) is 6.88. The van der Waals surface area contributed by atoms with Gasteiger partial charge in [0.1, 0.15) is 5.82 Å². The van der Waals surface area contributed by atoms with Crippen LogP contribution in [0.2, 0.25) is 0 Å². The Hall–Kier alpha value is -2.66. The normalized spacial score (nSPS) is 22.2. The lowest BCUT2D eigenvalue weighted by molar-refractivity contribution is 0.0838. The number of benzene rings is 2. The van der Waals surface area contributed by atoms with Crippen LogP contribution in [0.4, 0.5) is 10.1 Å². The van der Waals surface area contributed by atoms with Crippen molar-refractivity contribution in [3.05, 3.63) is 59.0 Å². The number of nitrogens with zero attached hydrogens (tertiary/aromatic N) is 1. The molecule has 1 aliphatic carbocycles. The van der Waals surface area contributed by atoms with Gasteiger partial charge in [-0.15, -0.1) is 0 Å². The van der Waals surface area contributed by atoms with Gasteiger partial charge in [-0.1, -0.05) is 6.92 Å². The summed E-state index contributed by atoms with van der Waals surface area (Å²) in [5.41, 5.74) is 12.4. The summed E-state index contributed by atoms with van der Waals surface area (Å²) in [7, 11) is 0. The van der Waals surface area contributed by atoms with E-state index in [0.717, 1.165) is 48.7 Å². The van der Waals surface area contributed by atoms with Crippen LogP contribution >= 0.6 is 0 Å². The first-order valence-corrected chi connectivity index (χ1v) is 10.9. The van der Waals surface area contributed by atoms with E-state index in [0.29, 0.717) is 17.5 Å².